The number of anilines is 1. The Kier molecular flexibility index (Phi) is 6.25. The minimum atomic E-state index is -0.448. The van der Waals surface area contributed by atoms with Gasteiger partial charge >= 0.3 is 0 Å². The van der Waals surface area contributed by atoms with Gasteiger partial charge in [0.25, 0.3) is 17.7 Å². The predicted octanol–water partition coefficient (Wildman–Crippen LogP) is 2.66. The molecule has 0 bridgehead atoms. The van der Waals surface area contributed by atoms with E-state index in [1.807, 2.05) is 31.2 Å². The Morgan fingerprint density at radius 1 is 1.03 bits per heavy atom. The van der Waals surface area contributed by atoms with Crippen LogP contribution >= 0.6 is 0 Å². The minimum Gasteiger partial charge on any atom is -0.472 e. The van der Waals surface area contributed by atoms with Crippen LogP contribution in [0, 0.1) is 6.92 Å². The lowest BCUT2D eigenvalue weighted by molar-refractivity contribution is 0.0697. The first kappa shape index (κ1) is 21.2. The Bertz CT molecular complexity index is 1120. The normalized spacial score (nSPS) is 14.1. The largest absolute Gasteiger partial charge is 0.472 e. The lowest BCUT2D eigenvalue weighted by Gasteiger charge is -2.32. The van der Waals surface area contributed by atoms with Crippen molar-refractivity contribution in [2.75, 3.05) is 18.4 Å². The fourth-order valence-corrected chi connectivity index (χ4v) is 3.61. The highest BCUT2D eigenvalue weighted by atomic mass is 16.3. The number of nitrogens with one attached hydrogen (secondary N) is 2. The Balaban J connectivity index is 1.35. The number of aryl methyl sites for hydroxylation is 1. The Morgan fingerprint density at radius 2 is 1.81 bits per heavy atom. The van der Waals surface area contributed by atoms with E-state index in [1.54, 1.807) is 4.90 Å². The van der Waals surface area contributed by atoms with Crippen LogP contribution < -0.4 is 10.6 Å². The van der Waals surface area contributed by atoms with Crippen LogP contribution in [0.1, 0.15) is 49.6 Å². The van der Waals surface area contributed by atoms with Crippen molar-refractivity contribution in [2.24, 2.45) is 0 Å². The van der Waals surface area contributed by atoms with Gasteiger partial charge in [0, 0.05) is 37.1 Å². The molecule has 32 heavy (non-hydrogen) atoms. The number of carbonyl (C=O) groups is 3. The van der Waals surface area contributed by atoms with Crippen molar-refractivity contribution in [1.29, 1.82) is 0 Å². The van der Waals surface area contributed by atoms with Crippen molar-refractivity contribution in [1.82, 2.24) is 20.2 Å². The van der Waals surface area contributed by atoms with Crippen LogP contribution in [-0.2, 0) is 0 Å². The summed E-state index contributed by atoms with van der Waals surface area (Å²) < 4.78 is 4.91. The summed E-state index contributed by atoms with van der Waals surface area (Å²) in [7, 11) is 0. The molecule has 3 aromatic rings. The summed E-state index contributed by atoms with van der Waals surface area (Å²) in [5, 5.41) is 5.53. The van der Waals surface area contributed by atoms with Gasteiger partial charge in [0.05, 0.1) is 11.8 Å². The van der Waals surface area contributed by atoms with Gasteiger partial charge < -0.3 is 20.0 Å². The van der Waals surface area contributed by atoms with Crippen LogP contribution in [0.15, 0.2) is 59.7 Å². The van der Waals surface area contributed by atoms with Crippen LogP contribution in [0.25, 0.3) is 0 Å². The molecule has 0 aliphatic carbocycles. The molecule has 3 heterocycles. The summed E-state index contributed by atoms with van der Waals surface area (Å²) in [5.74, 6) is -0.805. The third-order valence-corrected chi connectivity index (χ3v) is 5.31. The maximum absolute atomic E-state index is 12.8. The average molecular weight is 433 g/mol. The number of piperidine rings is 1. The van der Waals surface area contributed by atoms with Gasteiger partial charge in [0.1, 0.15) is 6.26 Å². The van der Waals surface area contributed by atoms with Crippen LogP contribution in [0.3, 0.4) is 0 Å². The van der Waals surface area contributed by atoms with E-state index in [0.717, 1.165) is 5.56 Å². The second-order valence-corrected chi connectivity index (χ2v) is 7.63. The van der Waals surface area contributed by atoms with Crippen molar-refractivity contribution < 1.29 is 18.8 Å². The molecule has 0 unspecified atom stereocenters. The smallest absolute Gasteiger partial charge is 0.273 e. The zero-order valence-corrected chi connectivity index (χ0v) is 17.6. The van der Waals surface area contributed by atoms with E-state index in [1.165, 1.54) is 31.0 Å². The molecule has 3 amide bonds. The van der Waals surface area contributed by atoms with Crippen molar-refractivity contribution in [3.8, 4) is 0 Å². The third kappa shape index (κ3) is 4.83. The second-order valence-electron chi connectivity index (χ2n) is 7.63. The molecule has 1 aliphatic heterocycles. The first-order valence-electron chi connectivity index (χ1n) is 10.3. The lowest BCUT2D eigenvalue weighted by Crippen LogP contribution is -2.46. The number of likely N-dealkylation sites (tertiary alicyclic amines) is 1. The van der Waals surface area contributed by atoms with Crippen LogP contribution in [-0.4, -0.2) is 51.7 Å². The number of amides is 3. The summed E-state index contributed by atoms with van der Waals surface area (Å²) in [6.45, 7) is 3.04. The van der Waals surface area contributed by atoms with Gasteiger partial charge in [0.15, 0.2) is 11.5 Å². The third-order valence-electron chi connectivity index (χ3n) is 5.31. The number of hydrogen-bond donors (Lipinski definition) is 2. The number of carbonyl (C=O) groups excluding carboxylic acids is 3. The Morgan fingerprint density at radius 3 is 2.53 bits per heavy atom. The van der Waals surface area contributed by atoms with Gasteiger partial charge in [-0.2, -0.15) is 0 Å². The average Bonchev–Trinajstić information content (AvgIpc) is 3.35. The molecule has 2 N–H and O–H groups in total. The van der Waals surface area contributed by atoms with E-state index in [9.17, 15) is 14.4 Å². The van der Waals surface area contributed by atoms with E-state index in [0.29, 0.717) is 37.1 Å². The number of aromatic nitrogens is 2. The van der Waals surface area contributed by atoms with Crippen LogP contribution in [0.5, 0.6) is 0 Å². The molecule has 0 atom stereocenters. The van der Waals surface area contributed by atoms with Gasteiger partial charge in [-0.15, -0.1) is 0 Å². The number of benzene rings is 1. The maximum atomic E-state index is 12.8. The molecule has 1 fully saturated rings. The van der Waals surface area contributed by atoms with E-state index in [-0.39, 0.29) is 23.5 Å². The first-order chi connectivity index (χ1) is 15.5. The molecule has 0 spiro atoms. The molecule has 0 radical (unpaired) electrons. The van der Waals surface area contributed by atoms with Gasteiger partial charge in [-0.1, -0.05) is 17.7 Å². The highest BCUT2D eigenvalue weighted by molar-refractivity contribution is 6.07. The number of rotatable bonds is 5. The Labute approximate surface area is 184 Å². The summed E-state index contributed by atoms with van der Waals surface area (Å²) in [5.41, 5.74) is 2.05. The molecule has 9 nitrogen and oxygen atoms in total. The number of furan rings is 1. The molecule has 164 valence electrons. The predicted molar refractivity (Wildman–Crippen MR) is 116 cm³/mol. The Hall–Kier alpha value is -4.01. The molecule has 1 aliphatic rings. The molecule has 1 saturated heterocycles. The minimum absolute atomic E-state index is 0.00310. The monoisotopic (exact) mass is 433 g/mol. The fraction of sp³-hybridized carbons (Fsp3) is 0.261. The zero-order valence-electron chi connectivity index (χ0n) is 17.6. The van der Waals surface area contributed by atoms with Crippen molar-refractivity contribution in [2.45, 2.75) is 25.8 Å². The maximum Gasteiger partial charge on any atom is 0.273 e. The van der Waals surface area contributed by atoms with Crippen LogP contribution in [0.2, 0.25) is 0 Å². The summed E-state index contributed by atoms with van der Waals surface area (Å²) >= 11 is 0. The van der Waals surface area contributed by atoms with Crippen molar-refractivity contribution >= 4 is 23.5 Å². The summed E-state index contributed by atoms with van der Waals surface area (Å²) in [4.78, 5) is 47.8. The first-order valence-corrected chi connectivity index (χ1v) is 10.3. The van der Waals surface area contributed by atoms with E-state index in [2.05, 4.69) is 20.6 Å². The van der Waals surface area contributed by atoms with Gasteiger partial charge in [-0.05, 0) is 38.0 Å². The van der Waals surface area contributed by atoms with Gasteiger partial charge in [-0.25, -0.2) is 9.97 Å². The van der Waals surface area contributed by atoms with Gasteiger partial charge in [0.2, 0.25) is 0 Å². The number of hydrogen-bond acceptors (Lipinski definition) is 6. The molecule has 2 aromatic heterocycles. The highest BCUT2D eigenvalue weighted by Gasteiger charge is 2.26. The zero-order chi connectivity index (χ0) is 22.5. The lowest BCUT2D eigenvalue weighted by atomic mass is 10.0. The standard InChI is InChI=1S/C23H23N5O4/c1-15-3-2-4-16(13-15)23(31)28-10-5-18(6-11-28)26-22(30)19-20(25-9-8-24-19)27-21(29)17-7-12-32-14-17/h2-4,7-9,12-14,18H,5-6,10-11H2,1H3,(H,26,30)(H,25,27,29). The van der Waals surface area contributed by atoms with E-state index < -0.39 is 11.8 Å². The van der Waals surface area contributed by atoms with E-state index in [4.69, 9.17) is 4.42 Å². The molecule has 0 saturated carbocycles. The second kappa shape index (κ2) is 9.42. The van der Waals surface area contributed by atoms with Crippen LogP contribution in [0.4, 0.5) is 5.82 Å². The topological polar surface area (TPSA) is 117 Å². The van der Waals surface area contributed by atoms with Gasteiger partial charge in [-0.3, -0.25) is 14.4 Å². The van der Waals surface area contributed by atoms with E-state index >= 15 is 0 Å². The number of nitrogens with zero attached hydrogens (tertiary/aromatic N) is 3. The highest BCUT2D eigenvalue weighted by Crippen LogP contribution is 2.17. The van der Waals surface area contributed by atoms with Crippen molar-refractivity contribution in [3.05, 3.63) is 77.6 Å². The quantitative estimate of drug-likeness (QED) is 0.639. The molecule has 4 rings (SSSR count). The molecule has 9 heteroatoms. The fourth-order valence-electron chi connectivity index (χ4n) is 3.61. The SMILES string of the molecule is Cc1cccc(C(=O)N2CCC(NC(=O)c3nccnc3NC(=O)c3ccoc3)CC2)c1. The summed E-state index contributed by atoms with van der Waals surface area (Å²) in [6, 6.07) is 8.93. The summed E-state index contributed by atoms with van der Waals surface area (Å²) in [6.07, 6.45) is 6.73. The molecular formula is C23H23N5O4. The van der Waals surface area contributed by atoms with Crippen molar-refractivity contribution in [3.63, 3.8) is 0 Å². The molecule has 1 aromatic carbocycles. The molecular weight excluding hydrogens is 410 g/mol.